The lowest BCUT2D eigenvalue weighted by Crippen LogP contribution is -2.19. The van der Waals surface area contributed by atoms with Crippen LogP contribution in [0.1, 0.15) is 26.3 Å². The first-order valence-electron chi connectivity index (χ1n) is 7.24. The average Bonchev–Trinajstić information content (AvgIpc) is 2.48. The van der Waals surface area contributed by atoms with Crippen LogP contribution in [0.3, 0.4) is 0 Å². The van der Waals surface area contributed by atoms with Crippen molar-refractivity contribution in [3.05, 3.63) is 42.1 Å². The fraction of sp³-hybridized carbons (Fsp3) is 0.333. The first-order valence-corrected chi connectivity index (χ1v) is 9.79. The molecule has 1 N–H and O–H groups in total. The second-order valence-corrected chi connectivity index (χ2v) is 7.40. The molecular weight excluding hydrogens is 351 g/mol. The van der Waals surface area contributed by atoms with E-state index in [0.717, 1.165) is 0 Å². The minimum Gasteiger partial charge on any atom is -0.424 e. The molecule has 1 rings (SSSR count). The van der Waals surface area contributed by atoms with E-state index >= 15 is 0 Å². The van der Waals surface area contributed by atoms with Crippen LogP contribution in [0.4, 0.5) is 4.79 Å². The minimum atomic E-state index is -2.79. The first-order chi connectivity index (χ1) is 11.4. The molecule has 1 amide bonds. The van der Waals surface area contributed by atoms with Crippen LogP contribution in [0.15, 0.2) is 41.7 Å². The zero-order valence-corrected chi connectivity index (χ0v) is 15.6. The van der Waals surface area contributed by atoms with Crippen LogP contribution in [-0.4, -0.2) is 25.5 Å². The van der Waals surface area contributed by atoms with Crippen LogP contribution < -0.4 is 9.84 Å². The van der Waals surface area contributed by atoms with E-state index in [-0.39, 0.29) is 0 Å². The number of nitrogens with one attached hydrogen (secondary N) is 1. The summed E-state index contributed by atoms with van der Waals surface area (Å²) in [5, 5.41) is 5.94. The molecule has 0 heterocycles. The van der Waals surface area contributed by atoms with Crippen LogP contribution in [0.5, 0.6) is 5.75 Å². The van der Waals surface area contributed by atoms with Crippen LogP contribution in [0, 0.1) is 0 Å². The van der Waals surface area contributed by atoms with Crippen molar-refractivity contribution in [3.8, 4) is 5.75 Å². The van der Waals surface area contributed by atoms with Gasteiger partial charge >= 0.3 is 12.8 Å². The van der Waals surface area contributed by atoms with Gasteiger partial charge in [0.2, 0.25) is 0 Å². The highest BCUT2D eigenvalue weighted by Crippen LogP contribution is 2.49. The molecule has 1 aromatic carbocycles. The second kappa shape index (κ2) is 10.2. The van der Waals surface area contributed by atoms with E-state index in [1.807, 2.05) is 13.8 Å². The van der Waals surface area contributed by atoms with E-state index in [0.29, 0.717) is 30.2 Å². The molecule has 0 saturated carbocycles. The molecular formula is C15H21N2O5PS. The lowest BCUT2D eigenvalue weighted by molar-refractivity contribution is 0.154. The number of rotatable bonds is 9. The van der Waals surface area contributed by atoms with Gasteiger partial charge in [-0.1, -0.05) is 11.7 Å². The summed E-state index contributed by atoms with van der Waals surface area (Å²) >= 11 is 5.29. The zero-order valence-electron chi connectivity index (χ0n) is 13.9. The third-order valence-corrected chi connectivity index (χ3v) is 4.76. The van der Waals surface area contributed by atoms with Crippen molar-refractivity contribution in [3.63, 3.8) is 0 Å². The number of hydrogen-bond donors (Lipinski definition) is 1. The summed E-state index contributed by atoms with van der Waals surface area (Å²) in [6.07, 6.45) is 0.691. The Morgan fingerprint density at radius 1 is 1.29 bits per heavy atom. The van der Waals surface area contributed by atoms with E-state index in [1.54, 1.807) is 31.2 Å². The van der Waals surface area contributed by atoms with Gasteiger partial charge in [-0.3, -0.25) is 19.2 Å². The van der Waals surface area contributed by atoms with Crippen molar-refractivity contribution < 1.29 is 23.2 Å². The molecule has 0 aliphatic carbocycles. The SMILES string of the molecule is C=C(C)NC(=O)ON=Cc1ccc(OP(=S)(OCC)OCC)cc1. The summed E-state index contributed by atoms with van der Waals surface area (Å²) in [5.41, 5.74) is 1.18. The number of nitrogens with zero attached hydrogens (tertiary/aromatic N) is 1. The lowest BCUT2D eigenvalue weighted by Gasteiger charge is -2.20. The monoisotopic (exact) mass is 372 g/mol. The Kier molecular flexibility index (Phi) is 8.63. The Bertz CT molecular complexity index is 623. The summed E-state index contributed by atoms with van der Waals surface area (Å²) in [5.74, 6) is 0.526. The Morgan fingerprint density at radius 2 is 1.88 bits per heavy atom. The van der Waals surface area contributed by atoms with Crippen LogP contribution in [-0.2, 0) is 25.7 Å². The number of carbonyl (C=O) groups is 1. The number of amides is 1. The van der Waals surface area contributed by atoms with Crippen molar-refractivity contribution in [1.29, 1.82) is 0 Å². The maximum Gasteiger partial charge on any atom is 0.437 e. The Morgan fingerprint density at radius 3 is 2.38 bits per heavy atom. The summed E-state index contributed by atoms with van der Waals surface area (Å²) in [6, 6.07) is 6.87. The molecule has 24 heavy (non-hydrogen) atoms. The number of carbonyl (C=O) groups excluding carboxylic acids is 1. The molecule has 0 bridgehead atoms. The average molecular weight is 372 g/mol. The third-order valence-electron chi connectivity index (χ3n) is 2.32. The van der Waals surface area contributed by atoms with E-state index in [9.17, 15) is 4.79 Å². The van der Waals surface area contributed by atoms with Gasteiger partial charge in [-0.2, -0.15) is 0 Å². The predicted molar refractivity (Wildman–Crippen MR) is 96.6 cm³/mol. The van der Waals surface area contributed by atoms with Crippen LogP contribution >= 0.6 is 6.72 Å². The molecule has 7 nitrogen and oxygen atoms in total. The predicted octanol–water partition coefficient (Wildman–Crippen LogP) is 3.96. The molecule has 0 aromatic heterocycles. The summed E-state index contributed by atoms with van der Waals surface area (Å²) in [7, 11) is 0. The molecule has 9 heteroatoms. The standard InChI is InChI=1S/C15H21N2O5PS/c1-5-19-23(24,20-6-2)22-14-9-7-13(8-10-14)11-16-21-15(18)17-12(3)4/h7-11H,3,5-6H2,1-2,4H3,(H,17,18). The van der Waals surface area contributed by atoms with Crippen LogP contribution in [0.2, 0.25) is 0 Å². The molecule has 0 saturated heterocycles. The minimum absolute atomic E-state index is 0.408. The quantitative estimate of drug-likeness (QED) is 0.306. The van der Waals surface area contributed by atoms with Gasteiger partial charge < -0.3 is 4.52 Å². The maximum absolute atomic E-state index is 11.2. The Balaban J connectivity index is 2.63. The van der Waals surface area contributed by atoms with Gasteiger partial charge in [-0.15, -0.1) is 0 Å². The van der Waals surface area contributed by atoms with Crippen LogP contribution in [0.25, 0.3) is 0 Å². The number of oxime groups is 1. The first kappa shape index (κ1) is 20.3. The third kappa shape index (κ3) is 7.70. The van der Waals surface area contributed by atoms with Crippen molar-refractivity contribution in [2.45, 2.75) is 20.8 Å². The van der Waals surface area contributed by atoms with Crippen molar-refractivity contribution in [2.75, 3.05) is 13.2 Å². The lowest BCUT2D eigenvalue weighted by atomic mass is 10.2. The molecule has 0 fully saturated rings. The van der Waals surface area contributed by atoms with Crippen molar-refractivity contribution >= 4 is 30.8 Å². The summed E-state index contributed by atoms with van der Waals surface area (Å²) < 4.78 is 16.5. The molecule has 132 valence electrons. The Hall–Kier alpha value is -1.73. The van der Waals surface area contributed by atoms with Crippen molar-refractivity contribution in [1.82, 2.24) is 5.32 Å². The zero-order chi connectivity index (χ0) is 18.0. The molecule has 0 radical (unpaired) electrons. The number of benzene rings is 1. The topological polar surface area (TPSA) is 78.4 Å². The summed E-state index contributed by atoms with van der Waals surface area (Å²) in [4.78, 5) is 15.8. The van der Waals surface area contributed by atoms with E-state index in [2.05, 4.69) is 21.9 Å². The number of allylic oxidation sites excluding steroid dienone is 1. The van der Waals surface area contributed by atoms with Crippen molar-refractivity contribution in [2.24, 2.45) is 5.16 Å². The van der Waals surface area contributed by atoms with Gasteiger partial charge in [0.25, 0.3) is 0 Å². The molecule has 1 aromatic rings. The second-order valence-electron chi connectivity index (χ2n) is 4.46. The highest BCUT2D eigenvalue weighted by atomic mass is 32.5. The maximum atomic E-state index is 11.2. The van der Waals surface area contributed by atoms with Gasteiger partial charge in [-0.25, -0.2) is 4.79 Å². The Labute approximate surface area is 146 Å². The highest BCUT2D eigenvalue weighted by Gasteiger charge is 2.20. The fourth-order valence-corrected chi connectivity index (χ4v) is 3.57. The van der Waals surface area contributed by atoms with Gasteiger partial charge in [-0.05, 0) is 50.6 Å². The van der Waals surface area contributed by atoms with E-state index in [1.165, 1.54) is 6.21 Å². The van der Waals surface area contributed by atoms with E-state index in [4.69, 9.17) is 25.4 Å². The van der Waals surface area contributed by atoms with Gasteiger partial charge in [0.15, 0.2) is 0 Å². The molecule has 0 atom stereocenters. The molecule has 0 unspecified atom stereocenters. The fourth-order valence-electron chi connectivity index (χ4n) is 1.48. The largest absolute Gasteiger partial charge is 0.437 e. The van der Waals surface area contributed by atoms with Gasteiger partial charge in [0, 0.05) is 17.5 Å². The normalized spacial score (nSPS) is 11.3. The molecule has 0 aliphatic rings. The smallest absolute Gasteiger partial charge is 0.424 e. The van der Waals surface area contributed by atoms with Gasteiger partial charge in [0.1, 0.15) is 5.75 Å². The summed E-state index contributed by atoms with van der Waals surface area (Å²) in [6.45, 7) is 6.84. The van der Waals surface area contributed by atoms with E-state index < -0.39 is 12.8 Å². The molecule has 0 spiro atoms. The molecule has 0 aliphatic heterocycles. The highest BCUT2D eigenvalue weighted by molar-refractivity contribution is 8.07. The number of hydrogen-bond acceptors (Lipinski definition) is 7. The van der Waals surface area contributed by atoms with Gasteiger partial charge in [0.05, 0.1) is 19.4 Å².